The highest BCUT2D eigenvalue weighted by Gasteiger charge is 2.16. The summed E-state index contributed by atoms with van der Waals surface area (Å²) in [7, 11) is 0. The number of carbonyl (C=O) groups is 2. The van der Waals surface area contributed by atoms with Gasteiger partial charge in [-0.2, -0.15) is 0 Å². The number of hydrogen-bond donors (Lipinski definition) is 1. The van der Waals surface area contributed by atoms with Crippen molar-refractivity contribution in [3.05, 3.63) is 53.7 Å². The van der Waals surface area contributed by atoms with Gasteiger partial charge in [0.2, 0.25) is 0 Å². The molecule has 0 saturated carbocycles. The maximum Gasteiger partial charge on any atom is 0.340 e. The lowest BCUT2D eigenvalue weighted by Gasteiger charge is -2.11. The van der Waals surface area contributed by atoms with Crippen LogP contribution in [0.25, 0.3) is 0 Å². The van der Waals surface area contributed by atoms with Crippen LogP contribution in [0.1, 0.15) is 27.6 Å². The van der Waals surface area contributed by atoms with E-state index in [1.54, 1.807) is 49.5 Å². The second kappa shape index (κ2) is 7.61. The van der Waals surface area contributed by atoms with Crippen molar-refractivity contribution in [3.63, 3.8) is 0 Å². The number of thioether (sulfide) groups is 1. The predicted octanol–water partition coefficient (Wildman–Crippen LogP) is 3.23. The minimum atomic E-state index is -0.463. The van der Waals surface area contributed by atoms with Crippen molar-refractivity contribution in [1.29, 1.82) is 0 Å². The lowest BCUT2D eigenvalue weighted by molar-refractivity contribution is 0.0527. The van der Waals surface area contributed by atoms with Crippen molar-refractivity contribution < 1.29 is 14.3 Å². The average Bonchev–Trinajstić information content (AvgIpc) is 2.55. The molecule has 0 aliphatic rings. The van der Waals surface area contributed by atoms with E-state index in [1.165, 1.54) is 11.8 Å². The van der Waals surface area contributed by atoms with Crippen LogP contribution in [0.5, 0.6) is 0 Å². The molecule has 0 atom stereocenters. The van der Waals surface area contributed by atoms with Crippen molar-refractivity contribution in [3.8, 4) is 0 Å². The molecule has 0 radical (unpaired) electrons. The lowest BCUT2D eigenvalue weighted by Crippen LogP contribution is -2.17. The van der Waals surface area contributed by atoms with E-state index in [0.29, 0.717) is 21.8 Å². The summed E-state index contributed by atoms with van der Waals surface area (Å²) in [6.07, 6.45) is 3.49. The lowest BCUT2D eigenvalue weighted by atomic mass is 10.1. The number of ether oxygens (including phenoxy) is 1. The normalized spacial score (nSPS) is 10.1. The minimum Gasteiger partial charge on any atom is -0.462 e. The Hall–Kier alpha value is -2.34. The molecular weight excluding hydrogens is 300 g/mol. The fourth-order valence-electron chi connectivity index (χ4n) is 1.89. The zero-order valence-corrected chi connectivity index (χ0v) is 13.1. The number of amides is 1. The number of pyridine rings is 1. The topological polar surface area (TPSA) is 68.3 Å². The van der Waals surface area contributed by atoms with Crippen LogP contribution in [0.15, 0.2) is 47.6 Å². The van der Waals surface area contributed by atoms with Gasteiger partial charge in [0.15, 0.2) is 0 Å². The summed E-state index contributed by atoms with van der Waals surface area (Å²) in [5.74, 6) is -0.774. The molecule has 0 spiro atoms. The van der Waals surface area contributed by atoms with Gasteiger partial charge in [0.25, 0.3) is 5.91 Å². The Morgan fingerprint density at radius 1 is 1.18 bits per heavy atom. The summed E-state index contributed by atoms with van der Waals surface area (Å²) in [6, 6.07) is 10.1. The van der Waals surface area contributed by atoms with E-state index >= 15 is 0 Å². The van der Waals surface area contributed by atoms with Crippen LogP contribution < -0.4 is 5.32 Å². The third-order valence-corrected chi connectivity index (χ3v) is 3.59. The average molecular weight is 316 g/mol. The Kier molecular flexibility index (Phi) is 5.55. The molecule has 1 aromatic carbocycles. The number of hydrogen-bond acceptors (Lipinski definition) is 5. The molecular formula is C16H16N2O3S. The van der Waals surface area contributed by atoms with Gasteiger partial charge < -0.3 is 10.1 Å². The Balaban J connectivity index is 2.27. The van der Waals surface area contributed by atoms with Gasteiger partial charge in [0, 0.05) is 6.20 Å². The highest BCUT2D eigenvalue weighted by molar-refractivity contribution is 7.98. The number of esters is 1. The Bertz CT molecular complexity index is 689. The highest BCUT2D eigenvalue weighted by Crippen LogP contribution is 2.21. The summed E-state index contributed by atoms with van der Waals surface area (Å²) in [5.41, 5.74) is 1.21. The number of rotatable bonds is 5. The van der Waals surface area contributed by atoms with Crippen molar-refractivity contribution in [2.75, 3.05) is 18.2 Å². The molecule has 2 aromatic rings. The van der Waals surface area contributed by atoms with E-state index in [-0.39, 0.29) is 12.5 Å². The van der Waals surface area contributed by atoms with Gasteiger partial charge >= 0.3 is 5.97 Å². The summed E-state index contributed by atoms with van der Waals surface area (Å²) >= 11 is 1.39. The maximum atomic E-state index is 12.4. The molecule has 0 unspecified atom stereocenters. The molecule has 0 fully saturated rings. The van der Waals surface area contributed by atoms with Gasteiger partial charge in [-0.3, -0.25) is 4.79 Å². The van der Waals surface area contributed by atoms with Crippen molar-refractivity contribution in [1.82, 2.24) is 4.98 Å². The van der Waals surface area contributed by atoms with Crippen molar-refractivity contribution >= 4 is 29.3 Å². The first-order chi connectivity index (χ1) is 10.7. The van der Waals surface area contributed by atoms with Gasteiger partial charge in [-0.05, 0) is 37.4 Å². The van der Waals surface area contributed by atoms with E-state index in [4.69, 9.17) is 4.74 Å². The predicted molar refractivity (Wildman–Crippen MR) is 86.4 cm³/mol. The SMILES string of the molecule is CCOC(=O)c1ccccc1NC(=O)c1cccnc1SC. The standard InChI is InChI=1S/C16H16N2O3S/c1-3-21-16(20)11-7-4-5-9-13(11)18-14(19)12-8-6-10-17-15(12)22-2/h4-10H,3H2,1-2H3,(H,18,19). The third kappa shape index (κ3) is 3.65. The van der Waals surface area contributed by atoms with Gasteiger partial charge in [0.05, 0.1) is 23.4 Å². The van der Waals surface area contributed by atoms with Crippen LogP contribution >= 0.6 is 11.8 Å². The molecule has 22 heavy (non-hydrogen) atoms. The number of para-hydroxylation sites is 1. The molecule has 1 N–H and O–H groups in total. The second-order valence-electron chi connectivity index (χ2n) is 4.28. The van der Waals surface area contributed by atoms with Crippen LogP contribution in [0.3, 0.4) is 0 Å². The molecule has 0 saturated heterocycles. The number of carbonyl (C=O) groups excluding carboxylic acids is 2. The summed E-state index contributed by atoms with van der Waals surface area (Å²) in [4.78, 5) is 28.5. The molecule has 0 aliphatic heterocycles. The number of nitrogens with one attached hydrogen (secondary N) is 1. The van der Waals surface area contributed by atoms with Gasteiger partial charge in [0.1, 0.15) is 5.03 Å². The number of benzene rings is 1. The zero-order chi connectivity index (χ0) is 15.9. The molecule has 1 amide bonds. The molecule has 1 aromatic heterocycles. The maximum absolute atomic E-state index is 12.4. The summed E-state index contributed by atoms with van der Waals surface area (Å²) in [5, 5.41) is 3.38. The first kappa shape index (κ1) is 16.0. The third-order valence-electron chi connectivity index (χ3n) is 2.88. The first-order valence-electron chi connectivity index (χ1n) is 6.74. The van der Waals surface area contributed by atoms with Gasteiger partial charge in [-0.15, -0.1) is 11.8 Å². The number of aromatic nitrogens is 1. The van der Waals surface area contributed by atoms with E-state index < -0.39 is 5.97 Å². The Morgan fingerprint density at radius 3 is 2.64 bits per heavy atom. The first-order valence-corrected chi connectivity index (χ1v) is 7.96. The van der Waals surface area contributed by atoms with Gasteiger partial charge in [-0.25, -0.2) is 9.78 Å². The molecule has 0 bridgehead atoms. The van der Waals surface area contributed by atoms with E-state index in [2.05, 4.69) is 10.3 Å². The molecule has 114 valence electrons. The summed E-state index contributed by atoms with van der Waals surface area (Å²) < 4.78 is 4.99. The highest BCUT2D eigenvalue weighted by atomic mass is 32.2. The fourth-order valence-corrected chi connectivity index (χ4v) is 2.44. The van der Waals surface area contributed by atoms with Gasteiger partial charge in [-0.1, -0.05) is 12.1 Å². The Labute approximate surface area is 133 Å². The number of anilines is 1. The molecule has 6 heteroatoms. The largest absolute Gasteiger partial charge is 0.462 e. The van der Waals surface area contributed by atoms with Crippen LogP contribution in [0.4, 0.5) is 5.69 Å². The van der Waals surface area contributed by atoms with E-state index in [9.17, 15) is 9.59 Å². The monoisotopic (exact) mass is 316 g/mol. The molecule has 2 rings (SSSR count). The summed E-state index contributed by atoms with van der Waals surface area (Å²) in [6.45, 7) is 2.01. The van der Waals surface area contributed by atoms with Crippen LogP contribution in [0.2, 0.25) is 0 Å². The Morgan fingerprint density at radius 2 is 1.91 bits per heavy atom. The van der Waals surface area contributed by atoms with Crippen LogP contribution in [-0.4, -0.2) is 29.7 Å². The quantitative estimate of drug-likeness (QED) is 0.677. The molecule has 5 nitrogen and oxygen atoms in total. The smallest absolute Gasteiger partial charge is 0.340 e. The van der Waals surface area contributed by atoms with Crippen molar-refractivity contribution in [2.45, 2.75) is 11.9 Å². The van der Waals surface area contributed by atoms with Crippen LogP contribution in [-0.2, 0) is 4.74 Å². The zero-order valence-electron chi connectivity index (χ0n) is 12.3. The van der Waals surface area contributed by atoms with E-state index in [0.717, 1.165) is 0 Å². The fraction of sp³-hybridized carbons (Fsp3) is 0.188. The van der Waals surface area contributed by atoms with E-state index in [1.807, 2.05) is 6.26 Å². The minimum absolute atomic E-state index is 0.278. The van der Waals surface area contributed by atoms with Crippen molar-refractivity contribution in [2.24, 2.45) is 0 Å². The van der Waals surface area contributed by atoms with Crippen LogP contribution in [0, 0.1) is 0 Å². The second-order valence-corrected chi connectivity index (χ2v) is 5.08. The molecule has 1 heterocycles. The number of nitrogens with zero attached hydrogens (tertiary/aromatic N) is 1. The molecule has 0 aliphatic carbocycles.